The molecule has 3 nitrogen and oxygen atoms in total. The van der Waals surface area contributed by atoms with Crippen molar-refractivity contribution in [2.24, 2.45) is 11.8 Å². The van der Waals surface area contributed by atoms with Crippen molar-refractivity contribution in [3.63, 3.8) is 0 Å². The predicted molar refractivity (Wildman–Crippen MR) is 78.3 cm³/mol. The molecule has 1 aromatic rings. The number of likely N-dealkylation sites (tertiary alicyclic amines) is 1. The first kappa shape index (κ1) is 14.1. The van der Waals surface area contributed by atoms with Gasteiger partial charge in [0.2, 0.25) is 0 Å². The molecule has 19 heavy (non-hydrogen) atoms. The van der Waals surface area contributed by atoms with E-state index in [0.717, 1.165) is 30.6 Å². The Balaban J connectivity index is 1.85. The number of rotatable bonds is 3. The maximum atomic E-state index is 12.0. The Hall–Kier alpha value is -1.35. The van der Waals surface area contributed by atoms with E-state index in [4.69, 9.17) is 0 Å². The Morgan fingerprint density at radius 3 is 2.37 bits per heavy atom. The van der Waals surface area contributed by atoms with Gasteiger partial charge >= 0.3 is 0 Å². The van der Waals surface area contributed by atoms with E-state index in [-0.39, 0.29) is 5.91 Å². The highest BCUT2D eigenvalue weighted by atomic mass is 16.2. The van der Waals surface area contributed by atoms with Gasteiger partial charge in [0.1, 0.15) is 0 Å². The number of hydrogen-bond donors (Lipinski definition) is 2. The van der Waals surface area contributed by atoms with E-state index < -0.39 is 0 Å². The topological polar surface area (TPSA) is 33.5 Å². The highest BCUT2D eigenvalue weighted by Crippen LogP contribution is 2.12. The third-order valence-electron chi connectivity index (χ3n) is 3.82. The van der Waals surface area contributed by atoms with Crippen molar-refractivity contribution in [2.45, 2.75) is 27.2 Å². The van der Waals surface area contributed by atoms with Gasteiger partial charge in [-0.2, -0.15) is 0 Å². The van der Waals surface area contributed by atoms with E-state index in [0.29, 0.717) is 6.54 Å². The number of quaternary nitrogens is 1. The zero-order chi connectivity index (χ0) is 13.8. The minimum atomic E-state index is 0.125. The number of nitrogens with one attached hydrogen (secondary N) is 2. The SMILES string of the molecule is Cc1ccc(NC(=O)C[NH+]2C[C@H](C)C[C@H](C)C2)cc1. The Morgan fingerprint density at radius 2 is 1.79 bits per heavy atom. The van der Waals surface area contributed by atoms with Gasteiger partial charge in [-0.3, -0.25) is 4.79 Å². The lowest BCUT2D eigenvalue weighted by Crippen LogP contribution is -3.15. The smallest absolute Gasteiger partial charge is 0.279 e. The van der Waals surface area contributed by atoms with Gasteiger partial charge in [-0.15, -0.1) is 0 Å². The van der Waals surface area contributed by atoms with Gasteiger partial charge in [-0.1, -0.05) is 31.5 Å². The summed E-state index contributed by atoms with van der Waals surface area (Å²) in [6.45, 7) is 9.44. The second-order valence-electron chi connectivity index (χ2n) is 6.20. The van der Waals surface area contributed by atoms with Crippen LogP contribution in [0.25, 0.3) is 0 Å². The second-order valence-corrected chi connectivity index (χ2v) is 6.20. The van der Waals surface area contributed by atoms with Crippen molar-refractivity contribution < 1.29 is 9.69 Å². The molecule has 1 unspecified atom stereocenters. The number of aryl methyl sites for hydroxylation is 1. The van der Waals surface area contributed by atoms with Gasteiger partial charge in [0.25, 0.3) is 5.91 Å². The average Bonchev–Trinajstić information content (AvgIpc) is 2.30. The fourth-order valence-corrected chi connectivity index (χ4v) is 3.14. The number of anilines is 1. The van der Waals surface area contributed by atoms with Crippen LogP contribution in [0, 0.1) is 18.8 Å². The van der Waals surface area contributed by atoms with Crippen molar-refractivity contribution in [1.29, 1.82) is 0 Å². The molecular formula is C16H25N2O+. The molecule has 0 aliphatic carbocycles. The minimum absolute atomic E-state index is 0.125. The molecule has 0 radical (unpaired) electrons. The second kappa shape index (κ2) is 6.20. The summed E-state index contributed by atoms with van der Waals surface area (Å²) in [6.07, 6.45) is 1.29. The molecule has 1 aliphatic rings. The Morgan fingerprint density at radius 1 is 1.21 bits per heavy atom. The number of carbonyl (C=O) groups is 1. The maximum Gasteiger partial charge on any atom is 0.279 e. The van der Waals surface area contributed by atoms with E-state index in [1.807, 2.05) is 31.2 Å². The van der Waals surface area contributed by atoms with Crippen LogP contribution >= 0.6 is 0 Å². The largest absolute Gasteiger partial charge is 0.327 e. The monoisotopic (exact) mass is 261 g/mol. The molecule has 1 heterocycles. The van der Waals surface area contributed by atoms with Crippen molar-refractivity contribution in [1.82, 2.24) is 0 Å². The van der Waals surface area contributed by atoms with E-state index in [1.54, 1.807) is 0 Å². The molecule has 0 aromatic heterocycles. The van der Waals surface area contributed by atoms with Crippen molar-refractivity contribution in [3.8, 4) is 0 Å². The quantitative estimate of drug-likeness (QED) is 0.849. The first-order valence-corrected chi connectivity index (χ1v) is 7.23. The molecular weight excluding hydrogens is 236 g/mol. The lowest BCUT2D eigenvalue weighted by Gasteiger charge is -2.31. The Kier molecular flexibility index (Phi) is 4.59. The van der Waals surface area contributed by atoms with Crippen LogP contribution in [-0.2, 0) is 4.79 Å². The van der Waals surface area contributed by atoms with Crippen LogP contribution in [0.4, 0.5) is 5.69 Å². The normalized spacial score (nSPS) is 27.0. The van der Waals surface area contributed by atoms with Gasteiger partial charge in [0.05, 0.1) is 13.1 Å². The highest BCUT2D eigenvalue weighted by molar-refractivity contribution is 5.91. The molecule has 1 aliphatic heterocycles. The minimum Gasteiger partial charge on any atom is -0.327 e. The average molecular weight is 261 g/mol. The molecule has 3 heteroatoms. The summed E-state index contributed by atoms with van der Waals surface area (Å²) < 4.78 is 0. The van der Waals surface area contributed by atoms with Gasteiger partial charge in [0.15, 0.2) is 6.54 Å². The van der Waals surface area contributed by atoms with Crippen molar-refractivity contribution in [3.05, 3.63) is 29.8 Å². The molecule has 0 bridgehead atoms. The van der Waals surface area contributed by atoms with E-state index in [1.165, 1.54) is 16.9 Å². The van der Waals surface area contributed by atoms with Gasteiger partial charge in [-0.05, 0) is 25.5 Å². The molecule has 3 atom stereocenters. The number of piperidine rings is 1. The third kappa shape index (κ3) is 4.35. The fourth-order valence-electron chi connectivity index (χ4n) is 3.14. The van der Waals surface area contributed by atoms with Gasteiger partial charge in [0, 0.05) is 17.5 Å². The molecule has 1 fully saturated rings. The van der Waals surface area contributed by atoms with Crippen LogP contribution in [0.3, 0.4) is 0 Å². The van der Waals surface area contributed by atoms with Crippen LogP contribution in [0.15, 0.2) is 24.3 Å². The van der Waals surface area contributed by atoms with Gasteiger partial charge < -0.3 is 10.2 Å². The summed E-state index contributed by atoms with van der Waals surface area (Å²) in [5.41, 5.74) is 2.11. The Bertz CT molecular complexity index is 417. The summed E-state index contributed by atoms with van der Waals surface area (Å²) in [5.74, 6) is 1.58. The van der Waals surface area contributed by atoms with Crippen LogP contribution in [-0.4, -0.2) is 25.5 Å². The van der Waals surface area contributed by atoms with Crippen molar-refractivity contribution in [2.75, 3.05) is 25.0 Å². The lowest BCUT2D eigenvalue weighted by atomic mass is 9.92. The van der Waals surface area contributed by atoms with Crippen LogP contribution < -0.4 is 10.2 Å². The molecule has 0 saturated carbocycles. The molecule has 2 N–H and O–H groups in total. The van der Waals surface area contributed by atoms with Crippen LogP contribution in [0.2, 0.25) is 0 Å². The zero-order valence-corrected chi connectivity index (χ0v) is 12.2. The standard InChI is InChI=1S/C16H24N2O/c1-12-4-6-15(7-5-12)17-16(19)11-18-9-13(2)8-14(3)10-18/h4-7,13-14H,8-11H2,1-3H3,(H,17,19)/p+1/t13-,14+. The zero-order valence-electron chi connectivity index (χ0n) is 12.2. The number of amides is 1. The van der Waals surface area contributed by atoms with Crippen molar-refractivity contribution >= 4 is 11.6 Å². The fraction of sp³-hybridized carbons (Fsp3) is 0.562. The highest BCUT2D eigenvalue weighted by Gasteiger charge is 2.26. The summed E-state index contributed by atoms with van der Waals surface area (Å²) in [6, 6.07) is 7.97. The number of benzene rings is 1. The van der Waals surface area contributed by atoms with Crippen LogP contribution in [0.1, 0.15) is 25.8 Å². The summed E-state index contributed by atoms with van der Waals surface area (Å²) >= 11 is 0. The number of hydrogen-bond acceptors (Lipinski definition) is 1. The van der Waals surface area contributed by atoms with E-state index >= 15 is 0 Å². The summed E-state index contributed by atoms with van der Waals surface area (Å²) in [4.78, 5) is 13.5. The molecule has 2 rings (SSSR count). The van der Waals surface area contributed by atoms with Crippen LogP contribution in [0.5, 0.6) is 0 Å². The maximum absolute atomic E-state index is 12.0. The summed E-state index contributed by atoms with van der Waals surface area (Å²) in [5, 5.41) is 2.99. The first-order chi connectivity index (χ1) is 9.02. The third-order valence-corrected chi connectivity index (χ3v) is 3.82. The molecule has 104 valence electrons. The molecule has 1 amide bonds. The predicted octanol–water partition coefficient (Wildman–Crippen LogP) is 1.49. The van der Waals surface area contributed by atoms with Gasteiger partial charge in [-0.25, -0.2) is 0 Å². The van der Waals surface area contributed by atoms with E-state index in [9.17, 15) is 4.79 Å². The molecule has 1 aromatic carbocycles. The first-order valence-electron chi connectivity index (χ1n) is 7.23. The lowest BCUT2D eigenvalue weighted by molar-refractivity contribution is -0.904. The molecule has 0 spiro atoms. The Labute approximate surface area is 116 Å². The molecule has 1 saturated heterocycles. The summed E-state index contributed by atoms with van der Waals surface area (Å²) in [7, 11) is 0. The van der Waals surface area contributed by atoms with E-state index in [2.05, 4.69) is 19.2 Å². The number of carbonyl (C=O) groups excluding carboxylic acids is 1.